The van der Waals surface area contributed by atoms with Gasteiger partial charge in [0.15, 0.2) is 0 Å². The van der Waals surface area contributed by atoms with Crippen molar-refractivity contribution < 1.29 is 9.59 Å². The van der Waals surface area contributed by atoms with Crippen molar-refractivity contribution in [3.8, 4) is 0 Å². The van der Waals surface area contributed by atoms with Gasteiger partial charge < -0.3 is 14.8 Å². The van der Waals surface area contributed by atoms with E-state index in [0.717, 1.165) is 11.4 Å². The number of aromatic nitrogens is 2. The first-order valence-electron chi connectivity index (χ1n) is 9.71. The van der Waals surface area contributed by atoms with Crippen LogP contribution < -0.4 is 10.2 Å². The summed E-state index contributed by atoms with van der Waals surface area (Å²) in [5.41, 5.74) is 3.13. The Bertz CT molecular complexity index is 836. The Balaban J connectivity index is 1.36. The number of carbonyl (C=O) groups is 2. The molecule has 1 saturated carbocycles. The second-order valence-electron chi connectivity index (χ2n) is 7.89. The minimum atomic E-state index is -0.306. The SMILES string of the molecule is CC(C)c1ccc(N2C[C@H](C(=O)NCc3cncn3C3CC3)CC2=O)cc1. The molecule has 27 heavy (non-hydrogen) atoms. The van der Waals surface area contributed by atoms with E-state index in [9.17, 15) is 9.59 Å². The van der Waals surface area contributed by atoms with E-state index >= 15 is 0 Å². The summed E-state index contributed by atoms with van der Waals surface area (Å²) < 4.78 is 2.14. The van der Waals surface area contributed by atoms with Crippen LogP contribution in [0.1, 0.15) is 56.3 Å². The first-order valence-corrected chi connectivity index (χ1v) is 9.71. The molecule has 2 aromatic rings. The first kappa shape index (κ1) is 17.8. The summed E-state index contributed by atoms with van der Waals surface area (Å²) in [6.45, 7) is 5.19. The number of hydrogen-bond donors (Lipinski definition) is 1. The zero-order valence-corrected chi connectivity index (χ0v) is 15.9. The standard InChI is InChI=1S/C21H26N4O2/c1-14(2)15-3-5-17(6-4-15)24-12-16(9-20(24)26)21(27)23-11-19-10-22-13-25(19)18-7-8-18/h3-6,10,13-14,16,18H,7-9,11-12H2,1-2H3,(H,23,27)/t16-/m1/s1. The molecule has 1 aliphatic heterocycles. The monoisotopic (exact) mass is 366 g/mol. The van der Waals surface area contributed by atoms with Gasteiger partial charge in [-0.2, -0.15) is 0 Å². The van der Waals surface area contributed by atoms with Crippen LogP contribution in [0.25, 0.3) is 0 Å². The Kier molecular flexibility index (Phi) is 4.72. The van der Waals surface area contributed by atoms with Gasteiger partial charge in [-0.15, -0.1) is 0 Å². The maximum Gasteiger partial charge on any atom is 0.227 e. The minimum Gasteiger partial charge on any atom is -0.350 e. The van der Waals surface area contributed by atoms with Gasteiger partial charge in [0.25, 0.3) is 0 Å². The van der Waals surface area contributed by atoms with Crippen LogP contribution in [-0.4, -0.2) is 27.9 Å². The molecule has 1 aromatic heterocycles. The Morgan fingerprint density at radius 1 is 1.26 bits per heavy atom. The van der Waals surface area contributed by atoms with Crippen molar-refractivity contribution in [2.75, 3.05) is 11.4 Å². The first-order chi connectivity index (χ1) is 13.0. The van der Waals surface area contributed by atoms with E-state index in [1.165, 1.54) is 18.4 Å². The molecule has 2 amide bonds. The lowest BCUT2D eigenvalue weighted by atomic mass is 10.0. The number of nitrogens with one attached hydrogen (secondary N) is 1. The quantitative estimate of drug-likeness (QED) is 0.854. The average Bonchev–Trinajstić information content (AvgIpc) is 3.27. The molecule has 142 valence electrons. The summed E-state index contributed by atoms with van der Waals surface area (Å²) in [6, 6.07) is 8.60. The molecule has 1 aromatic carbocycles. The molecule has 0 spiro atoms. The van der Waals surface area contributed by atoms with Crippen LogP contribution in [0.3, 0.4) is 0 Å². The maximum atomic E-state index is 12.6. The van der Waals surface area contributed by atoms with E-state index in [2.05, 4.69) is 40.8 Å². The number of anilines is 1. The highest BCUT2D eigenvalue weighted by Crippen LogP contribution is 2.35. The van der Waals surface area contributed by atoms with Crippen molar-refractivity contribution in [3.05, 3.63) is 48.0 Å². The maximum absolute atomic E-state index is 12.6. The summed E-state index contributed by atoms with van der Waals surface area (Å²) in [5, 5.41) is 2.99. The second-order valence-corrected chi connectivity index (χ2v) is 7.89. The molecular formula is C21H26N4O2. The van der Waals surface area contributed by atoms with Crippen LogP contribution in [-0.2, 0) is 16.1 Å². The van der Waals surface area contributed by atoms with E-state index in [1.54, 1.807) is 11.1 Å². The Morgan fingerprint density at radius 3 is 2.67 bits per heavy atom. The predicted molar refractivity (Wildman–Crippen MR) is 103 cm³/mol. The van der Waals surface area contributed by atoms with Gasteiger partial charge in [0.1, 0.15) is 0 Å². The van der Waals surface area contributed by atoms with Gasteiger partial charge in [-0.25, -0.2) is 4.98 Å². The van der Waals surface area contributed by atoms with Crippen molar-refractivity contribution in [2.45, 2.75) is 51.6 Å². The molecule has 0 unspecified atom stereocenters. The molecule has 1 atom stereocenters. The van der Waals surface area contributed by atoms with Crippen LogP contribution in [0.4, 0.5) is 5.69 Å². The highest BCUT2D eigenvalue weighted by Gasteiger charge is 2.35. The average molecular weight is 366 g/mol. The van der Waals surface area contributed by atoms with E-state index < -0.39 is 0 Å². The van der Waals surface area contributed by atoms with Crippen LogP contribution in [0.5, 0.6) is 0 Å². The van der Waals surface area contributed by atoms with E-state index in [-0.39, 0.29) is 24.2 Å². The summed E-state index contributed by atoms with van der Waals surface area (Å²) in [5.74, 6) is 0.0965. The number of nitrogens with zero attached hydrogens (tertiary/aromatic N) is 3. The summed E-state index contributed by atoms with van der Waals surface area (Å²) in [4.78, 5) is 30.9. The molecule has 1 saturated heterocycles. The molecule has 1 N–H and O–H groups in total. The van der Waals surface area contributed by atoms with Gasteiger partial charge in [-0.3, -0.25) is 9.59 Å². The zero-order valence-electron chi connectivity index (χ0n) is 15.9. The van der Waals surface area contributed by atoms with Crippen molar-refractivity contribution in [2.24, 2.45) is 5.92 Å². The predicted octanol–water partition coefficient (Wildman–Crippen LogP) is 3.01. The second kappa shape index (κ2) is 7.18. The summed E-state index contributed by atoms with van der Waals surface area (Å²) in [6.07, 6.45) is 6.26. The fourth-order valence-corrected chi connectivity index (χ4v) is 3.64. The molecule has 0 radical (unpaired) electrons. The number of amides is 2. The number of hydrogen-bond acceptors (Lipinski definition) is 3. The van der Waals surface area contributed by atoms with Crippen LogP contribution in [0.15, 0.2) is 36.8 Å². The van der Waals surface area contributed by atoms with Crippen LogP contribution in [0.2, 0.25) is 0 Å². The van der Waals surface area contributed by atoms with Gasteiger partial charge in [-0.05, 0) is 36.5 Å². The topological polar surface area (TPSA) is 67.2 Å². The number of carbonyl (C=O) groups excluding carboxylic acids is 2. The van der Waals surface area contributed by atoms with Crippen molar-refractivity contribution in [1.29, 1.82) is 0 Å². The van der Waals surface area contributed by atoms with Gasteiger partial charge in [0, 0.05) is 30.9 Å². The van der Waals surface area contributed by atoms with Crippen molar-refractivity contribution in [1.82, 2.24) is 14.9 Å². The molecule has 4 rings (SSSR count). The largest absolute Gasteiger partial charge is 0.350 e. The molecular weight excluding hydrogens is 340 g/mol. The lowest BCUT2D eigenvalue weighted by molar-refractivity contribution is -0.126. The third kappa shape index (κ3) is 3.75. The highest BCUT2D eigenvalue weighted by atomic mass is 16.2. The summed E-state index contributed by atoms with van der Waals surface area (Å²) >= 11 is 0. The lowest BCUT2D eigenvalue weighted by Crippen LogP contribution is -2.33. The third-order valence-electron chi connectivity index (χ3n) is 5.50. The van der Waals surface area contributed by atoms with Crippen molar-refractivity contribution >= 4 is 17.5 Å². The molecule has 1 aliphatic carbocycles. The van der Waals surface area contributed by atoms with Crippen molar-refractivity contribution in [3.63, 3.8) is 0 Å². The zero-order chi connectivity index (χ0) is 19.0. The van der Waals surface area contributed by atoms with Gasteiger partial charge in [-0.1, -0.05) is 26.0 Å². The molecule has 6 heteroatoms. The fourth-order valence-electron chi connectivity index (χ4n) is 3.64. The highest BCUT2D eigenvalue weighted by molar-refractivity contribution is 6.00. The Morgan fingerprint density at radius 2 is 2.00 bits per heavy atom. The normalized spacial score (nSPS) is 19.7. The Hall–Kier alpha value is -2.63. The number of imidazole rings is 1. The van der Waals surface area contributed by atoms with Gasteiger partial charge in [0.2, 0.25) is 11.8 Å². The molecule has 0 bridgehead atoms. The molecule has 6 nitrogen and oxygen atoms in total. The minimum absolute atomic E-state index is 0.00969. The lowest BCUT2D eigenvalue weighted by Gasteiger charge is -2.18. The summed E-state index contributed by atoms with van der Waals surface area (Å²) in [7, 11) is 0. The molecule has 2 fully saturated rings. The molecule has 2 heterocycles. The fraction of sp³-hybridized carbons (Fsp3) is 0.476. The molecule has 2 aliphatic rings. The van der Waals surface area contributed by atoms with Crippen LogP contribution in [0, 0.1) is 5.92 Å². The smallest absolute Gasteiger partial charge is 0.227 e. The van der Waals surface area contributed by atoms with Gasteiger partial charge >= 0.3 is 0 Å². The van der Waals surface area contributed by atoms with E-state index in [1.807, 2.05) is 18.5 Å². The number of rotatable bonds is 6. The third-order valence-corrected chi connectivity index (χ3v) is 5.50. The number of benzene rings is 1. The Labute approximate surface area is 159 Å². The van der Waals surface area contributed by atoms with Gasteiger partial charge in [0.05, 0.1) is 24.5 Å². The van der Waals surface area contributed by atoms with Crippen LogP contribution >= 0.6 is 0 Å². The van der Waals surface area contributed by atoms with E-state index in [4.69, 9.17) is 0 Å². The van der Waals surface area contributed by atoms with E-state index in [0.29, 0.717) is 25.0 Å².